The summed E-state index contributed by atoms with van der Waals surface area (Å²) in [4.78, 5) is 21.6. The van der Waals surface area contributed by atoms with Crippen molar-refractivity contribution in [3.63, 3.8) is 0 Å². The predicted octanol–water partition coefficient (Wildman–Crippen LogP) is 1.87. The van der Waals surface area contributed by atoms with Crippen molar-refractivity contribution in [2.75, 3.05) is 38.1 Å². The van der Waals surface area contributed by atoms with Crippen molar-refractivity contribution in [1.82, 2.24) is 25.0 Å². The molecule has 3 aromatic rings. The fourth-order valence-corrected chi connectivity index (χ4v) is 4.31. The number of pyridine rings is 1. The van der Waals surface area contributed by atoms with E-state index in [4.69, 9.17) is 4.74 Å². The van der Waals surface area contributed by atoms with Gasteiger partial charge in [-0.3, -0.25) is 9.69 Å². The number of carbonyl (C=O) groups excluding carboxylic acids is 1. The first-order valence-electron chi connectivity index (χ1n) is 11.1. The quantitative estimate of drug-likeness (QED) is 0.592. The van der Waals surface area contributed by atoms with Crippen LogP contribution in [0.3, 0.4) is 0 Å². The third-order valence-electron chi connectivity index (χ3n) is 5.93. The van der Waals surface area contributed by atoms with Gasteiger partial charge in [0.1, 0.15) is 12.4 Å². The second-order valence-corrected chi connectivity index (χ2v) is 8.31. The third-order valence-corrected chi connectivity index (χ3v) is 5.93. The van der Waals surface area contributed by atoms with E-state index in [0.29, 0.717) is 31.3 Å². The topological polar surface area (TPSA) is 104 Å². The number of fused-ring (bicyclic) bond motifs is 2. The smallest absolute Gasteiger partial charge is 0.276 e. The average molecular weight is 447 g/mol. The molecular formula is C24H26N6O3. The van der Waals surface area contributed by atoms with E-state index in [1.165, 1.54) is 11.1 Å². The summed E-state index contributed by atoms with van der Waals surface area (Å²) in [5.74, 6) is 0.707. The molecule has 9 heteroatoms. The van der Waals surface area contributed by atoms with Crippen LogP contribution in [-0.2, 0) is 13.0 Å². The zero-order chi connectivity index (χ0) is 22.6. The van der Waals surface area contributed by atoms with Crippen molar-refractivity contribution < 1.29 is 14.6 Å². The van der Waals surface area contributed by atoms with Gasteiger partial charge in [0.2, 0.25) is 0 Å². The molecule has 0 aliphatic carbocycles. The van der Waals surface area contributed by atoms with E-state index >= 15 is 0 Å². The van der Waals surface area contributed by atoms with Crippen LogP contribution in [0.15, 0.2) is 54.9 Å². The fraction of sp³-hybridized carbons (Fsp3) is 0.333. The first-order valence-corrected chi connectivity index (χ1v) is 11.1. The zero-order valence-corrected chi connectivity index (χ0v) is 18.2. The second kappa shape index (κ2) is 9.51. The predicted molar refractivity (Wildman–Crippen MR) is 122 cm³/mol. The number of anilines is 2. The lowest BCUT2D eigenvalue weighted by atomic mass is 10.00. The summed E-state index contributed by atoms with van der Waals surface area (Å²) in [5, 5.41) is 21.5. The number of amides is 1. The van der Waals surface area contributed by atoms with Crippen molar-refractivity contribution in [2.45, 2.75) is 19.1 Å². The molecule has 4 heterocycles. The molecular weight excluding hydrogens is 420 g/mol. The lowest BCUT2D eigenvalue weighted by Crippen LogP contribution is -2.44. The number of nitrogens with one attached hydrogen (secondary N) is 1. The summed E-state index contributed by atoms with van der Waals surface area (Å²) in [5.41, 5.74) is 3.63. The number of carbonyl (C=O) groups is 1. The van der Waals surface area contributed by atoms with Gasteiger partial charge in [-0.2, -0.15) is 10.2 Å². The van der Waals surface area contributed by atoms with Crippen molar-refractivity contribution in [2.24, 2.45) is 0 Å². The maximum atomic E-state index is 13.2. The summed E-state index contributed by atoms with van der Waals surface area (Å²) in [7, 11) is 0. The molecule has 1 atom stereocenters. The molecule has 5 rings (SSSR count). The molecule has 2 aliphatic rings. The Morgan fingerprint density at radius 1 is 1.06 bits per heavy atom. The van der Waals surface area contributed by atoms with Crippen LogP contribution in [0, 0.1) is 0 Å². The van der Waals surface area contributed by atoms with Gasteiger partial charge in [0, 0.05) is 26.2 Å². The maximum absolute atomic E-state index is 13.2. The van der Waals surface area contributed by atoms with Crippen molar-refractivity contribution in [3.8, 4) is 5.75 Å². The zero-order valence-electron chi connectivity index (χ0n) is 18.2. The average Bonchev–Trinajstić information content (AvgIpc) is 2.98. The molecule has 0 saturated heterocycles. The van der Waals surface area contributed by atoms with Gasteiger partial charge in [-0.05, 0) is 35.7 Å². The number of ether oxygens (including phenoxy) is 1. The SMILES string of the molecule is O=C1c2nc(Nc3ccnnc3)ccc2OCCN1CC(O)CN1CCc2ccccc2C1. The number of hydrogen-bond acceptors (Lipinski definition) is 8. The summed E-state index contributed by atoms with van der Waals surface area (Å²) >= 11 is 0. The van der Waals surface area contributed by atoms with Gasteiger partial charge in [-0.25, -0.2) is 4.98 Å². The van der Waals surface area contributed by atoms with Crippen LogP contribution >= 0.6 is 0 Å². The largest absolute Gasteiger partial charge is 0.489 e. The van der Waals surface area contributed by atoms with Gasteiger partial charge in [0.05, 0.1) is 30.7 Å². The van der Waals surface area contributed by atoms with E-state index < -0.39 is 6.10 Å². The van der Waals surface area contributed by atoms with Gasteiger partial charge >= 0.3 is 0 Å². The van der Waals surface area contributed by atoms with Gasteiger partial charge in [-0.1, -0.05) is 24.3 Å². The standard InChI is InChI=1S/C24H26N6O3/c31-20(15-29-10-8-17-3-1-2-4-18(17)14-29)16-30-11-12-33-21-5-6-22(28-23(21)24(30)32)27-19-7-9-25-26-13-19/h1-7,9,13,20,31H,8,10-12,14-16H2,(H,25,27,28). The molecule has 33 heavy (non-hydrogen) atoms. The third kappa shape index (κ3) is 4.94. The molecule has 0 saturated carbocycles. The number of rotatable bonds is 6. The molecule has 0 fully saturated rings. The van der Waals surface area contributed by atoms with Gasteiger partial charge in [0.25, 0.3) is 5.91 Å². The number of nitrogens with zero attached hydrogens (tertiary/aromatic N) is 5. The fourth-order valence-electron chi connectivity index (χ4n) is 4.31. The Balaban J connectivity index is 1.24. The number of β-amino-alcohol motifs (C(OH)–C–C–N with tert-alkyl or cyclic N) is 1. The van der Waals surface area contributed by atoms with Crippen molar-refractivity contribution in [3.05, 3.63) is 71.7 Å². The summed E-state index contributed by atoms with van der Waals surface area (Å²) in [6, 6.07) is 13.7. The molecule has 1 unspecified atom stereocenters. The summed E-state index contributed by atoms with van der Waals surface area (Å²) in [6.07, 6.45) is 3.46. The van der Waals surface area contributed by atoms with E-state index in [1.54, 1.807) is 35.5 Å². The van der Waals surface area contributed by atoms with Crippen LogP contribution in [-0.4, -0.2) is 74.9 Å². The van der Waals surface area contributed by atoms with Crippen molar-refractivity contribution >= 4 is 17.4 Å². The molecule has 2 aromatic heterocycles. The molecule has 0 radical (unpaired) electrons. The molecule has 0 spiro atoms. The van der Waals surface area contributed by atoms with E-state index in [-0.39, 0.29) is 18.1 Å². The highest BCUT2D eigenvalue weighted by Crippen LogP contribution is 2.25. The van der Waals surface area contributed by atoms with Crippen molar-refractivity contribution in [1.29, 1.82) is 0 Å². The van der Waals surface area contributed by atoms with E-state index in [2.05, 4.69) is 43.6 Å². The Kier molecular flexibility index (Phi) is 6.14. The van der Waals surface area contributed by atoms with Crippen LogP contribution in [0.4, 0.5) is 11.5 Å². The maximum Gasteiger partial charge on any atom is 0.276 e. The molecule has 0 bridgehead atoms. The molecule has 1 aromatic carbocycles. The highest BCUT2D eigenvalue weighted by Gasteiger charge is 2.28. The van der Waals surface area contributed by atoms with E-state index in [1.807, 2.05) is 6.07 Å². The normalized spacial score (nSPS) is 16.9. The molecule has 2 aliphatic heterocycles. The van der Waals surface area contributed by atoms with Gasteiger partial charge < -0.3 is 20.1 Å². The highest BCUT2D eigenvalue weighted by molar-refractivity contribution is 5.95. The monoisotopic (exact) mass is 446 g/mol. The number of hydrogen-bond donors (Lipinski definition) is 2. The highest BCUT2D eigenvalue weighted by atomic mass is 16.5. The van der Waals surface area contributed by atoms with Gasteiger partial charge in [0.15, 0.2) is 11.4 Å². The number of aliphatic hydroxyl groups is 1. The van der Waals surface area contributed by atoms with Gasteiger partial charge in [-0.15, -0.1) is 0 Å². The minimum absolute atomic E-state index is 0.230. The second-order valence-electron chi connectivity index (χ2n) is 8.31. The van der Waals surface area contributed by atoms with Crippen LogP contribution in [0.1, 0.15) is 21.6 Å². The molecule has 1 amide bonds. The molecule has 170 valence electrons. The number of aliphatic hydroxyl groups excluding tert-OH is 1. The van der Waals surface area contributed by atoms with Crippen LogP contribution in [0.2, 0.25) is 0 Å². The van der Waals surface area contributed by atoms with Crippen LogP contribution in [0.5, 0.6) is 5.75 Å². The first kappa shape index (κ1) is 21.3. The summed E-state index contributed by atoms with van der Waals surface area (Å²) in [6.45, 7) is 3.20. The minimum Gasteiger partial charge on any atom is -0.489 e. The Morgan fingerprint density at radius 2 is 1.94 bits per heavy atom. The molecule has 2 N–H and O–H groups in total. The lowest BCUT2D eigenvalue weighted by molar-refractivity contribution is 0.0498. The summed E-state index contributed by atoms with van der Waals surface area (Å²) < 4.78 is 5.76. The number of aromatic nitrogens is 3. The first-order chi connectivity index (χ1) is 16.2. The Bertz CT molecular complexity index is 1130. The van der Waals surface area contributed by atoms with E-state index in [9.17, 15) is 9.90 Å². The van der Waals surface area contributed by atoms with E-state index in [0.717, 1.165) is 25.2 Å². The van der Waals surface area contributed by atoms with Crippen LogP contribution < -0.4 is 10.1 Å². The Morgan fingerprint density at radius 3 is 2.79 bits per heavy atom. The van der Waals surface area contributed by atoms with Crippen LogP contribution in [0.25, 0.3) is 0 Å². The Hall–Kier alpha value is -3.56. The molecule has 9 nitrogen and oxygen atoms in total. The minimum atomic E-state index is -0.662. The lowest BCUT2D eigenvalue weighted by Gasteiger charge is -2.31. The Labute approximate surface area is 192 Å². The number of benzene rings is 1.